The average molecular weight is 497 g/mol. The molecule has 2 aliphatic rings. The van der Waals surface area contributed by atoms with Crippen molar-refractivity contribution in [2.24, 2.45) is 0 Å². The van der Waals surface area contributed by atoms with E-state index in [4.69, 9.17) is 23.8 Å². The van der Waals surface area contributed by atoms with Crippen LogP contribution < -0.4 is 5.56 Å². The van der Waals surface area contributed by atoms with Crippen LogP contribution in [0.15, 0.2) is 47.3 Å². The number of nitrogens with one attached hydrogen (secondary N) is 1. The maximum absolute atomic E-state index is 13.2. The summed E-state index contributed by atoms with van der Waals surface area (Å²) < 4.78 is 1.87. The number of nitrogens with zero attached hydrogens (tertiary/aromatic N) is 3. The standard InChI is InChI=1S/C26H29ClN4O2S/c27-20-7-4-18(5-8-20)17-31-25(33)22-9-6-19(16-23(22)28-26(31)34)24(32)30-14-10-21(11-15-30)29-12-2-1-3-13-29/h4-9,16,21H,1-3,10-15,17H2,(H,28,34). The molecule has 1 aromatic heterocycles. The molecule has 0 radical (unpaired) electrons. The lowest BCUT2D eigenvalue weighted by molar-refractivity contribution is 0.0590. The molecule has 1 N–H and O–H groups in total. The molecule has 0 atom stereocenters. The van der Waals surface area contributed by atoms with Gasteiger partial charge in [0.25, 0.3) is 11.5 Å². The van der Waals surface area contributed by atoms with Crippen molar-refractivity contribution in [1.29, 1.82) is 0 Å². The molecule has 3 aromatic rings. The summed E-state index contributed by atoms with van der Waals surface area (Å²) in [7, 11) is 0. The molecule has 6 nitrogen and oxygen atoms in total. The number of hydrogen-bond acceptors (Lipinski definition) is 4. The molecule has 1 amide bonds. The highest BCUT2D eigenvalue weighted by molar-refractivity contribution is 7.71. The SMILES string of the molecule is O=C(c1ccc2c(=O)n(Cc3ccc(Cl)cc3)c(=S)[nH]c2c1)N1CCC(N2CCCCC2)CC1. The van der Waals surface area contributed by atoms with E-state index in [1.807, 2.05) is 17.0 Å². The molecular formula is C26H29ClN4O2S. The predicted molar refractivity (Wildman–Crippen MR) is 138 cm³/mol. The van der Waals surface area contributed by atoms with Crippen LogP contribution in [0, 0.1) is 4.77 Å². The second-order valence-electron chi connectivity index (χ2n) is 9.33. The fourth-order valence-electron chi connectivity index (χ4n) is 5.20. The van der Waals surface area contributed by atoms with Crippen LogP contribution in [0.3, 0.4) is 0 Å². The van der Waals surface area contributed by atoms with Crippen LogP contribution in [-0.2, 0) is 6.54 Å². The molecule has 2 saturated heterocycles. The first-order valence-electron chi connectivity index (χ1n) is 12.0. The Morgan fingerprint density at radius 3 is 2.41 bits per heavy atom. The number of carbonyl (C=O) groups is 1. The molecule has 0 saturated carbocycles. The number of halogens is 1. The van der Waals surface area contributed by atoms with Crippen LogP contribution in [0.1, 0.15) is 48.0 Å². The minimum absolute atomic E-state index is 0.0173. The fraction of sp³-hybridized carbons (Fsp3) is 0.423. The second kappa shape index (κ2) is 10.0. The zero-order chi connectivity index (χ0) is 23.7. The molecule has 0 spiro atoms. The number of hydrogen-bond donors (Lipinski definition) is 1. The lowest BCUT2D eigenvalue weighted by atomic mass is 9.99. The van der Waals surface area contributed by atoms with Crippen molar-refractivity contribution in [3.05, 3.63) is 73.7 Å². The van der Waals surface area contributed by atoms with E-state index in [2.05, 4.69) is 9.88 Å². The van der Waals surface area contributed by atoms with E-state index in [9.17, 15) is 9.59 Å². The zero-order valence-corrected chi connectivity index (χ0v) is 20.7. The lowest BCUT2D eigenvalue weighted by Crippen LogP contribution is -2.48. The monoisotopic (exact) mass is 496 g/mol. The maximum Gasteiger partial charge on any atom is 0.262 e. The Morgan fingerprint density at radius 1 is 1.00 bits per heavy atom. The van der Waals surface area contributed by atoms with Gasteiger partial charge in [-0.25, -0.2) is 0 Å². The van der Waals surface area contributed by atoms with E-state index < -0.39 is 0 Å². The van der Waals surface area contributed by atoms with E-state index in [0.717, 1.165) is 31.5 Å². The van der Waals surface area contributed by atoms with E-state index in [1.54, 1.807) is 30.3 Å². The Labute approximate surface area is 209 Å². The van der Waals surface area contributed by atoms with E-state index >= 15 is 0 Å². The summed E-state index contributed by atoms with van der Waals surface area (Å²) in [5.41, 5.74) is 1.95. The van der Waals surface area contributed by atoms with Crippen molar-refractivity contribution in [3.63, 3.8) is 0 Å². The number of aromatic amines is 1. The summed E-state index contributed by atoms with van der Waals surface area (Å²) in [6.07, 6.45) is 5.97. The summed E-state index contributed by atoms with van der Waals surface area (Å²) in [5.74, 6) is 0.0173. The number of H-pyrrole nitrogens is 1. The maximum atomic E-state index is 13.2. The Morgan fingerprint density at radius 2 is 1.71 bits per heavy atom. The van der Waals surface area contributed by atoms with Gasteiger partial charge in [-0.3, -0.25) is 14.2 Å². The summed E-state index contributed by atoms with van der Waals surface area (Å²) in [5, 5.41) is 1.16. The Balaban J connectivity index is 1.33. The third-order valence-electron chi connectivity index (χ3n) is 7.14. The van der Waals surface area contributed by atoms with Crippen molar-refractivity contribution in [2.45, 2.75) is 44.7 Å². The van der Waals surface area contributed by atoms with Gasteiger partial charge in [0.15, 0.2) is 4.77 Å². The molecule has 178 valence electrons. The summed E-state index contributed by atoms with van der Waals surface area (Å²) in [6, 6.07) is 13.2. The summed E-state index contributed by atoms with van der Waals surface area (Å²) in [4.78, 5) is 34.1. The molecule has 2 fully saturated rings. The van der Waals surface area contributed by atoms with Crippen LogP contribution in [0.4, 0.5) is 0 Å². The number of rotatable bonds is 4. The van der Waals surface area contributed by atoms with Crippen LogP contribution in [0.5, 0.6) is 0 Å². The van der Waals surface area contributed by atoms with Gasteiger partial charge in [0.1, 0.15) is 0 Å². The van der Waals surface area contributed by atoms with Gasteiger partial charge in [0.2, 0.25) is 0 Å². The quantitative estimate of drug-likeness (QED) is 0.524. The van der Waals surface area contributed by atoms with E-state index in [1.165, 1.54) is 36.9 Å². The molecule has 34 heavy (non-hydrogen) atoms. The number of piperidine rings is 2. The van der Waals surface area contributed by atoms with Crippen molar-refractivity contribution >= 4 is 40.6 Å². The third-order valence-corrected chi connectivity index (χ3v) is 7.72. The Bertz CT molecular complexity index is 1300. The first kappa shape index (κ1) is 23.3. The molecule has 8 heteroatoms. The van der Waals surface area contributed by atoms with Gasteiger partial charge in [-0.15, -0.1) is 0 Å². The first-order valence-corrected chi connectivity index (χ1v) is 12.8. The van der Waals surface area contributed by atoms with Gasteiger partial charge < -0.3 is 14.8 Å². The van der Waals surface area contributed by atoms with Crippen molar-refractivity contribution in [3.8, 4) is 0 Å². The van der Waals surface area contributed by atoms with Crippen LogP contribution in [0.2, 0.25) is 5.02 Å². The molecule has 0 bridgehead atoms. The molecule has 2 aromatic carbocycles. The normalized spacial score (nSPS) is 17.9. The van der Waals surface area contributed by atoms with Crippen LogP contribution in [0.25, 0.3) is 10.9 Å². The van der Waals surface area contributed by atoms with Crippen molar-refractivity contribution in [1.82, 2.24) is 19.4 Å². The van der Waals surface area contributed by atoms with Crippen molar-refractivity contribution < 1.29 is 4.79 Å². The van der Waals surface area contributed by atoms with E-state index in [-0.39, 0.29) is 11.5 Å². The fourth-order valence-corrected chi connectivity index (χ4v) is 5.59. The number of aromatic nitrogens is 2. The minimum atomic E-state index is -0.171. The zero-order valence-electron chi connectivity index (χ0n) is 19.1. The second-order valence-corrected chi connectivity index (χ2v) is 10.2. The smallest absolute Gasteiger partial charge is 0.262 e. The number of benzene rings is 2. The van der Waals surface area contributed by atoms with E-state index in [0.29, 0.717) is 38.8 Å². The molecule has 0 aliphatic carbocycles. The van der Waals surface area contributed by atoms with Gasteiger partial charge in [-0.1, -0.05) is 30.2 Å². The third kappa shape index (κ3) is 4.83. The Hall–Kier alpha value is -2.48. The average Bonchev–Trinajstić information content (AvgIpc) is 2.87. The van der Waals surface area contributed by atoms with Crippen LogP contribution in [-0.4, -0.2) is 57.5 Å². The summed E-state index contributed by atoms with van der Waals surface area (Å²) in [6.45, 7) is 4.29. The highest BCUT2D eigenvalue weighted by Crippen LogP contribution is 2.22. The molecular weight excluding hydrogens is 468 g/mol. The molecule has 5 rings (SSSR count). The number of amides is 1. The number of fused-ring (bicyclic) bond motifs is 1. The van der Waals surface area contributed by atoms with Gasteiger partial charge in [-0.05, 0) is 86.9 Å². The Kier molecular flexibility index (Phi) is 6.86. The van der Waals surface area contributed by atoms with Gasteiger partial charge >= 0.3 is 0 Å². The number of likely N-dealkylation sites (tertiary alicyclic amines) is 2. The largest absolute Gasteiger partial charge is 0.339 e. The molecule has 2 aliphatic heterocycles. The van der Waals surface area contributed by atoms with Gasteiger partial charge in [0.05, 0.1) is 17.4 Å². The minimum Gasteiger partial charge on any atom is -0.339 e. The molecule has 3 heterocycles. The first-order chi connectivity index (χ1) is 16.5. The van der Waals surface area contributed by atoms with Gasteiger partial charge in [0, 0.05) is 29.7 Å². The highest BCUT2D eigenvalue weighted by atomic mass is 35.5. The number of carbonyl (C=O) groups excluding carboxylic acids is 1. The lowest BCUT2D eigenvalue weighted by Gasteiger charge is -2.40. The molecule has 0 unspecified atom stereocenters. The van der Waals surface area contributed by atoms with Gasteiger partial charge in [-0.2, -0.15) is 0 Å². The predicted octanol–water partition coefficient (Wildman–Crippen LogP) is 4.85. The van der Waals surface area contributed by atoms with Crippen LogP contribution >= 0.6 is 23.8 Å². The van der Waals surface area contributed by atoms with Crippen molar-refractivity contribution in [2.75, 3.05) is 26.2 Å². The summed E-state index contributed by atoms with van der Waals surface area (Å²) >= 11 is 11.4. The topological polar surface area (TPSA) is 61.3 Å². The highest BCUT2D eigenvalue weighted by Gasteiger charge is 2.28.